The van der Waals surface area contributed by atoms with Crippen molar-refractivity contribution in [3.8, 4) is 5.75 Å². The zero-order chi connectivity index (χ0) is 22.9. The zero-order valence-corrected chi connectivity index (χ0v) is 19.3. The Kier molecular flexibility index (Phi) is 9.92. The van der Waals surface area contributed by atoms with Crippen molar-refractivity contribution < 1.29 is 22.3 Å². The van der Waals surface area contributed by atoms with E-state index in [1.54, 1.807) is 0 Å². The first-order chi connectivity index (χ1) is 15.5. The average Bonchev–Trinajstić information content (AvgIpc) is 2.78. The van der Waals surface area contributed by atoms with Gasteiger partial charge in [0, 0.05) is 0 Å². The van der Waals surface area contributed by atoms with E-state index in [1.807, 2.05) is 0 Å². The topological polar surface area (TPSA) is 9.23 Å². The van der Waals surface area contributed by atoms with E-state index in [4.69, 9.17) is 0 Å². The molecule has 0 aliphatic heterocycles. The molecule has 5 heteroatoms. The number of hydrogen-bond donors (Lipinski definition) is 0. The fourth-order valence-corrected chi connectivity index (χ4v) is 5.92. The van der Waals surface area contributed by atoms with Crippen LogP contribution in [0.2, 0.25) is 0 Å². The quantitative estimate of drug-likeness (QED) is 0.195. The van der Waals surface area contributed by atoms with Gasteiger partial charge in [-0.1, -0.05) is 44.3 Å². The number of aryl methyl sites for hydroxylation is 1. The molecular formula is C27H38F4O. The maximum absolute atomic E-state index is 13.9. The van der Waals surface area contributed by atoms with Gasteiger partial charge in [0.2, 0.25) is 0 Å². The van der Waals surface area contributed by atoms with Gasteiger partial charge >= 0.3 is 6.61 Å². The minimum Gasteiger partial charge on any atom is -0.429 e. The van der Waals surface area contributed by atoms with Crippen molar-refractivity contribution in [2.75, 3.05) is 0 Å². The fourth-order valence-electron chi connectivity index (χ4n) is 5.92. The van der Waals surface area contributed by atoms with Gasteiger partial charge in [0.05, 0.1) is 0 Å². The van der Waals surface area contributed by atoms with Crippen LogP contribution in [-0.4, -0.2) is 6.61 Å². The fraction of sp³-hybridized carbons (Fsp3) is 0.704. The second-order valence-electron chi connectivity index (χ2n) is 9.87. The molecule has 180 valence electrons. The molecule has 0 unspecified atom stereocenters. The number of halogens is 4. The monoisotopic (exact) mass is 454 g/mol. The first-order valence-electron chi connectivity index (χ1n) is 12.5. The molecule has 0 bridgehead atoms. The molecule has 32 heavy (non-hydrogen) atoms. The Bertz CT molecular complexity index is 693. The number of hydrogen-bond acceptors (Lipinski definition) is 1. The molecule has 0 atom stereocenters. The lowest BCUT2D eigenvalue weighted by Gasteiger charge is -2.38. The van der Waals surface area contributed by atoms with Crippen LogP contribution < -0.4 is 4.74 Å². The van der Waals surface area contributed by atoms with Gasteiger partial charge in [-0.2, -0.15) is 8.78 Å². The van der Waals surface area contributed by atoms with Crippen molar-refractivity contribution in [1.29, 1.82) is 0 Å². The van der Waals surface area contributed by atoms with Gasteiger partial charge in [0.25, 0.3) is 0 Å². The number of alkyl halides is 2. The Morgan fingerprint density at radius 3 is 1.91 bits per heavy atom. The van der Waals surface area contributed by atoms with E-state index in [1.165, 1.54) is 70.6 Å². The van der Waals surface area contributed by atoms with Gasteiger partial charge < -0.3 is 4.74 Å². The van der Waals surface area contributed by atoms with Gasteiger partial charge in [0.15, 0.2) is 17.4 Å². The third kappa shape index (κ3) is 7.52. The third-order valence-corrected chi connectivity index (χ3v) is 7.77. The summed E-state index contributed by atoms with van der Waals surface area (Å²) in [5.74, 6) is 0.132. The van der Waals surface area contributed by atoms with Crippen molar-refractivity contribution in [2.24, 2.45) is 23.7 Å². The van der Waals surface area contributed by atoms with E-state index >= 15 is 0 Å². The molecule has 3 rings (SSSR count). The predicted molar refractivity (Wildman–Crippen MR) is 121 cm³/mol. The second-order valence-corrected chi connectivity index (χ2v) is 9.87. The molecule has 2 fully saturated rings. The van der Waals surface area contributed by atoms with Crippen molar-refractivity contribution in [1.82, 2.24) is 0 Å². The summed E-state index contributed by atoms with van der Waals surface area (Å²) in [6.07, 6.45) is 20.2. The van der Waals surface area contributed by atoms with Gasteiger partial charge in [-0.25, -0.2) is 8.78 Å². The van der Waals surface area contributed by atoms with Crippen LogP contribution in [0.1, 0.15) is 89.5 Å². The highest BCUT2D eigenvalue weighted by Crippen LogP contribution is 2.43. The maximum atomic E-state index is 13.9. The summed E-state index contributed by atoms with van der Waals surface area (Å²) in [5, 5.41) is 0. The molecule has 1 aromatic carbocycles. The Labute approximate surface area is 190 Å². The third-order valence-electron chi connectivity index (χ3n) is 7.77. The molecule has 2 saturated carbocycles. The first-order valence-corrected chi connectivity index (χ1v) is 12.5. The summed E-state index contributed by atoms with van der Waals surface area (Å²) in [6.45, 7) is -1.15. The summed E-state index contributed by atoms with van der Waals surface area (Å²) in [5.41, 5.74) is 0.511. The SMILES string of the molecule is C/C=C/CCCC1CCC(C2CCC(CCc3cc(F)c(OC(F)F)c(F)c3)CC2)CC1. The van der Waals surface area contributed by atoms with Crippen LogP contribution in [0, 0.1) is 35.3 Å². The number of benzene rings is 1. The van der Waals surface area contributed by atoms with E-state index in [-0.39, 0.29) is 0 Å². The van der Waals surface area contributed by atoms with Crippen LogP contribution in [0.25, 0.3) is 0 Å². The molecule has 0 spiro atoms. The molecule has 0 radical (unpaired) electrons. The smallest absolute Gasteiger partial charge is 0.387 e. The summed E-state index contributed by atoms with van der Waals surface area (Å²) in [4.78, 5) is 0. The van der Waals surface area contributed by atoms with E-state index in [9.17, 15) is 17.6 Å². The van der Waals surface area contributed by atoms with Crippen LogP contribution in [0.4, 0.5) is 17.6 Å². The lowest BCUT2D eigenvalue weighted by Crippen LogP contribution is -2.26. The number of rotatable bonds is 10. The molecule has 0 heterocycles. The molecule has 2 aliphatic rings. The van der Waals surface area contributed by atoms with Crippen LogP contribution >= 0.6 is 0 Å². The van der Waals surface area contributed by atoms with Crippen LogP contribution in [0.5, 0.6) is 5.75 Å². The predicted octanol–water partition coefficient (Wildman–Crippen LogP) is 8.86. The highest BCUT2D eigenvalue weighted by Gasteiger charge is 2.30. The molecule has 1 aromatic rings. The molecule has 0 amide bonds. The van der Waals surface area contributed by atoms with E-state index in [0.29, 0.717) is 17.9 Å². The highest BCUT2D eigenvalue weighted by atomic mass is 19.3. The minimum absolute atomic E-state index is 0.511. The van der Waals surface area contributed by atoms with Crippen LogP contribution in [0.15, 0.2) is 24.3 Å². The maximum Gasteiger partial charge on any atom is 0.387 e. The Balaban J connectivity index is 1.37. The van der Waals surface area contributed by atoms with E-state index < -0.39 is 24.0 Å². The number of ether oxygens (including phenoxy) is 1. The lowest BCUT2D eigenvalue weighted by atomic mass is 9.68. The van der Waals surface area contributed by atoms with Crippen molar-refractivity contribution in [2.45, 2.75) is 97.0 Å². The van der Waals surface area contributed by atoms with Crippen LogP contribution in [-0.2, 0) is 6.42 Å². The highest BCUT2D eigenvalue weighted by molar-refractivity contribution is 5.31. The van der Waals surface area contributed by atoms with Crippen LogP contribution in [0.3, 0.4) is 0 Å². The summed E-state index contributed by atoms with van der Waals surface area (Å²) in [7, 11) is 0. The van der Waals surface area contributed by atoms with E-state index in [2.05, 4.69) is 23.8 Å². The minimum atomic E-state index is -3.24. The van der Waals surface area contributed by atoms with Gasteiger partial charge in [-0.15, -0.1) is 0 Å². The van der Waals surface area contributed by atoms with E-state index in [0.717, 1.165) is 36.3 Å². The van der Waals surface area contributed by atoms with Crippen molar-refractivity contribution in [3.63, 3.8) is 0 Å². The standard InChI is InChI=1S/C27H38F4O/c1-2-3-4-5-6-19-9-13-22(14-10-19)23-15-11-20(12-16-23)7-8-21-17-24(28)26(25(29)18-21)32-27(30)31/h2-3,17-20,22-23,27H,4-16H2,1H3/b3-2+. The largest absolute Gasteiger partial charge is 0.429 e. The van der Waals surface area contributed by atoms with Gasteiger partial charge in [-0.3, -0.25) is 0 Å². The summed E-state index contributed by atoms with van der Waals surface area (Å²) < 4.78 is 56.3. The zero-order valence-electron chi connectivity index (χ0n) is 19.3. The molecule has 2 aliphatic carbocycles. The van der Waals surface area contributed by atoms with Gasteiger partial charge in [0.1, 0.15) is 0 Å². The molecular weight excluding hydrogens is 416 g/mol. The Morgan fingerprint density at radius 2 is 1.41 bits per heavy atom. The number of unbranched alkanes of at least 4 members (excludes halogenated alkanes) is 1. The lowest BCUT2D eigenvalue weighted by molar-refractivity contribution is -0.0546. The Morgan fingerprint density at radius 1 is 0.875 bits per heavy atom. The number of allylic oxidation sites excluding steroid dienone is 2. The molecule has 0 saturated heterocycles. The average molecular weight is 455 g/mol. The summed E-state index contributed by atoms with van der Waals surface area (Å²) >= 11 is 0. The molecule has 0 N–H and O–H groups in total. The Hall–Kier alpha value is -1.52. The van der Waals surface area contributed by atoms with Crippen molar-refractivity contribution >= 4 is 0 Å². The van der Waals surface area contributed by atoms with Gasteiger partial charge in [-0.05, 0) is 99.7 Å². The first kappa shape index (κ1) is 25.1. The van der Waals surface area contributed by atoms with Crippen molar-refractivity contribution in [3.05, 3.63) is 41.5 Å². The molecule has 1 nitrogen and oxygen atoms in total. The summed E-state index contributed by atoms with van der Waals surface area (Å²) in [6, 6.07) is 2.26. The second kappa shape index (κ2) is 12.6. The normalized spacial score (nSPS) is 26.7. The molecule has 0 aromatic heterocycles.